The minimum absolute atomic E-state index is 0.0577. The zero-order chi connectivity index (χ0) is 25.2. The Morgan fingerprint density at radius 1 is 1.06 bits per heavy atom. The van der Waals surface area contributed by atoms with E-state index in [0.717, 1.165) is 23.3 Å². The number of carbonyl (C=O) groups is 2. The van der Waals surface area contributed by atoms with Crippen LogP contribution in [0.4, 0.5) is 0 Å². The fourth-order valence-electron chi connectivity index (χ4n) is 5.02. The first-order valence-electron chi connectivity index (χ1n) is 12.3. The molecule has 0 bridgehead atoms. The Balaban J connectivity index is 1.58. The summed E-state index contributed by atoms with van der Waals surface area (Å²) >= 11 is 0. The van der Waals surface area contributed by atoms with Gasteiger partial charge in [0.05, 0.1) is 18.2 Å². The standard InChI is InChI=1S/C30H29NO5/c1-3-35-24-11-7-10-21(18-24)27-26(28(32)22-12-13-25-23(17-22)16-19(2)36-25)29(33)30(34)31(27)15-14-20-8-5-4-6-9-20/h4-13,17-19,27,32H,3,14-16H2,1-2H3/b28-26+/t19-,27+/m1/s1. The Hall–Kier alpha value is -4.06. The lowest BCUT2D eigenvalue weighted by molar-refractivity contribution is -0.139. The molecule has 0 radical (unpaired) electrons. The van der Waals surface area contributed by atoms with Crippen molar-refractivity contribution in [1.29, 1.82) is 0 Å². The predicted molar refractivity (Wildman–Crippen MR) is 137 cm³/mol. The fraction of sp³-hybridized carbons (Fsp3) is 0.267. The second-order valence-electron chi connectivity index (χ2n) is 9.19. The van der Waals surface area contributed by atoms with Crippen LogP contribution >= 0.6 is 0 Å². The number of amides is 1. The summed E-state index contributed by atoms with van der Waals surface area (Å²) in [4.78, 5) is 28.2. The van der Waals surface area contributed by atoms with Gasteiger partial charge < -0.3 is 19.5 Å². The fourth-order valence-corrected chi connectivity index (χ4v) is 5.02. The number of carbonyl (C=O) groups excluding carboxylic acids is 2. The van der Waals surface area contributed by atoms with Gasteiger partial charge in [-0.15, -0.1) is 0 Å². The molecule has 0 aromatic heterocycles. The van der Waals surface area contributed by atoms with Gasteiger partial charge in [0.25, 0.3) is 11.7 Å². The maximum Gasteiger partial charge on any atom is 0.295 e. The molecule has 1 N–H and O–H groups in total. The largest absolute Gasteiger partial charge is 0.507 e. The zero-order valence-electron chi connectivity index (χ0n) is 20.4. The summed E-state index contributed by atoms with van der Waals surface area (Å²) in [5, 5.41) is 11.4. The summed E-state index contributed by atoms with van der Waals surface area (Å²) < 4.78 is 11.5. The first-order chi connectivity index (χ1) is 17.5. The van der Waals surface area contributed by atoms with Gasteiger partial charge in [-0.25, -0.2) is 0 Å². The molecule has 0 aliphatic carbocycles. The van der Waals surface area contributed by atoms with Gasteiger partial charge in [0.15, 0.2) is 0 Å². The van der Waals surface area contributed by atoms with Gasteiger partial charge in [-0.2, -0.15) is 0 Å². The van der Waals surface area contributed by atoms with Crippen LogP contribution in [0, 0.1) is 0 Å². The number of aliphatic hydroxyl groups is 1. The first kappa shape index (κ1) is 23.7. The smallest absolute Gasteiger partial charge is 0.295 e. The van der Waals surface area contributed by atoms with Crippen molar-refractivity contribution < 1.29 is 24.2 Å². The SMILES string of the molecule is CCOc1cccc([C@H]2/C(=C(\O)c3ccc4c(c3)C[C@@H](C)O4)C(=O)C(=O)N2CCc2ccccc2)c1. The van der Waals surface area contributed by atoms with E-state index < -0.39 is 17.7 Å². The van der Waals surface area contributed by atoms with E-state index in [4.69, 9.17) is 9.47 Å². The van der Waals surface area contributed by atoms with Crippen molar-refractivity contribution in [3.8, 4) is 11.5 Å². The number of fused-ring (bicyclic) bond motifs is 1. The van der Waals surface area contributed by atoms with E-state index in [9.17, 15) is 14.7 Å². The lowest BCUT2D eigenvalue weighted by Crippen LogP contribution is -2.31. The first-order valence-corrected chi connectivity index (χ1v) is 12.3. The summed E-state index contributed by atoms with van der Waals surface area (Å²) in [6, 6.07) is 21.9. The van der Waals surface area contributed by atoms with E-state index in [1.165, 1.54) is 0 Å². The quantitative estimate of drug-likeness (QED) is 0.288. The van der Waals surface area contributed by atoms with E-state index in [0.29, 0.717) is 36.4 Å². The van der Waals surface area contributed by atoms with Crippen molar-refractivity contribution in [3.05, 3.63) is 101 Å². The average molecular weight is 484 g/mol. The van der Waals surface area contributed by atoms with Crippen LogP contribution in [0.15, 0.2) is 78.4 Å². The summed E-state index contributed by atoms with van der Waals surface area (Å²) in [5.74, 6) is -0.0460. The lowest BCUT2D eigenvalue weighted by Gasteiger charge is -2.26. The number of ketones is 1. The van der Waals surface area contributed by atoms with Crippen LogP contribution in [0.5, 0.6) is 11.5 Å². The molecule has 0 spiro atoms. The molecule has 184 valence electrons. The van der Waals surface area contributed by atoms with Gasteiger partial charge in [-0.3, -0.25) is 9.59 Å². The molecule has 1 amide bonds. The normalized spacial score (nSPS) is 20.3. The molecule has 2 aliphatic heterocycles. The number of rotatable bonds is 7. The van der Waals surface area contributed by atoms with E-state index in [1.807, 2.05) is 80.6 Å². The molecule has 6 heteroatoms. The number of aliphatic hydroxyl groups excluding tert-OH is 1. The Bertz CT molecular complexity index is 1330. The van der Waals surface area contributed by atoms with Gasteiger partial charge in [-0.1, -0.05) is 42.5 Å². The highest BCUT2D eigenvalue weighted by atomic mass is 16.5. The van der Waals surface area contributed by atoms with E-state index in [1.54, 1.807) is 11.0 Å². The molecule has 36 heavy (non-hydrogen) atoms. The molecule has 2 atom stereocenters. The highest BCUT2D eigenvalue weighted by Crippen LogP contribution is 2.41. The van der Waals surface area contributed by atoms with Crippen LogP contribution in [0.3, 0.4) is 0 Å². The lowest BCUT2D eigenvalue weighted by atomic mass is 9.94. The van der Waals surface area contributed by atoms with E-state index in [2.05, 4.69) is 0 Å². The van der Waals surface area contributed by atoms with Gasteiger partial charge in [0, 0.05) is 18.5 Å². The third-order valence-electron chi connectivity index (χ3n) is 6.68. The molecule has 5 rings (SSSR count). The Kier molecular flexibility index (Phi) is 6.51. The Morgan fingerprint density at radius 3 is 2.64 bits per heavy atom. The summed E-state index contributed by atoms with van der Waals surface area (Å²) in [6.45, 7) is 4.72. The summed E-state index contributed by atoms with van der Waals surface area (Å²) in [6.07, 6.45) is 1.37. The minimum Gasteiger partial charge on any atom is -0.507 e. The van der Waals surface area contributed by atoms with Crippen molar-refractivity contribution in [2.75, 3.05) is 13.2 Å². The maximum absolute atomic E-state index is 13.4. The Morgan fingerprint density at radius 2 is 1.86 bits per heavy atom. The topological polar surface area (TPSA) is 76.1 Å². The highest BCUT2D eigenvalue weighted by molar-refractivity contribution is 6.46. The second-order valence-corrected chi connectivity index (χ2v) is 9.19. The second kappa shape index (κ2) is 9.90. The van der Waals surface area contributed by atoms with E-state index >= 15 is 0 Å². The third-order valence-corrected chi connectivity index (χ3v) is 6.68. The van der Waals surface area contributed by atoms with Gasteiger partial charge >= 0.3 is 0 Å². The predicted octanol–water partition coefficient (Wildman–Crippen LogP) is 5.07. The van der Waals surface area contributed by atoms with Crippen molar-refractivity contribution in [1.82, 2.24) is 4.90 Å². The van der Waals surface area contributed by atoms with Crippen molar-refractivity contribution >= 4 is 17.4 Å². The van der Waals surface area contributed by atoms with Crippen molar-refractivity contribution in [2.24, 2.45) is 0 Å². The van der Waals surface area contributed by atoms with Crippen LogP contribution in [0.1, 0.15) is 42.1 Å². The zero-order valence-corrected chi connectivity index (χ0v) is 20.4. The summed E-state index contributed by atoms with van der Waals surface area (Å²) in [5.41, 5.74) is 3.34. The van der Waals surface area contributed by atoms with Crippen LogP contribution in [0.25, 0.3) is 5.76 Å². The van der Waals surface area contributed by atoms with Crippen LogP contribution in [-0.4, -0.2) is 41.0 Å². The number of ether oxygens (including phenoxy) is 2. The number of benzene rings is 3. The maximum atomic E-state index is 13.4. The average Bonchev–Trinajstić information content (AvgIpc) is 3.38. The van der Waals surface area contributed by atoms with Gasteiger partial charge in [0.2, 0.25) is 0 Å². The Labute approximate surface area is 210 Å². The minimum atomic E-state index is -0.724. The molecular formula is C30H29NO5. The molecule has 2 aliphatic rings. The number of nitrogens with zero attached hydrogens (tertiary/aromatic N) is 1. The summed E-state index contributed by atoms with van der Waals surface area (Å²) in [7, 11) is 0. The van der Waals surface area contributed by atoms with Crippen molar-refractivity contribution in [2.45, 2.75) is 38.8 Å². The van der Waals surface area contributed by atoms with Crippen LogP contribution in [-0.2, 0) is 22.4 Å². The molecule has 1 fully saturated rings. The third kappa shape index (κ3) is 4.47. The van der Waals surface area contributed by atoms with Crippen molar-refractivity contribution in [3.63, 3.8) is 0 Å². The van der Waals surface area contributed by atoms with Crippen LogP contribution < -0.4 is 9.47 Å². The molecular weight excluding hydrogens is 454 g/mol. The molecule has 6 nitrogen and oxygen atoms in total. The molecule has 0 unspecified atom stereocenters. The molecule has 3 aromatic carbocycles. The number of Topliss-reactive ketones (excluding diaryl/α,β-unsaturated/α-hetero) is 1. The van der Waals surface area contributed by atoms with Gasteiger partial charge in [-0.05, 0) is 67.3 Å². The highest BCUT2D eigenvalue weighted by Gasteiger charge is 2.46. The number of hydrogen-bond acceptors (Lipinski definition) is 5. The molecule has 0 saturated carbocycles. The molecule has 3 aromatic rings. The number of likely N-dealkylation sites (tertiary alicyclic amines) is 1. The van der Waals surface area contributed by atoms with Gasteiger partial charge in [0.1, 0.15) is 23.4 Å². The molecule has 1 saturated heterocycles. The number of hydrogen-bond donors (Lipinski definition) is 1. The molecule has 2 heterocycles. The van der Waals surface area contributed by atoms with Crippen LogP contribution in [0.2, 0.25) is 0 Å². The van der Waals surface area contributed by atoms with E-state index in [-0.39, 0.29) is 17.4 Å². The monoisotopic (exact) mass is 483 g/mol.